The van der Waals surface area contributed by atoms with Gasteiger partial charge in [0.15, 0.2) is 0 Å². The molecule has 3 heteroatoms. The zero-order valence-corrected chi connectivity index (χ0v) is 12.3. The zero-order valence-electron chi connectivity index (χ0n) is 12.3. The van der Waals surface area contributed by atoms with Crippen LogP contribution in [0.4, 0.5) is 0 Å². The summed E-state index contributed by atoms with van der Waals surface area (Å²) >= 11 is 0. The molecule has 0 heterocycles. The number of nitrogens with one attached hydrogen (secondary N) is 1. The van der Waals surface area contributed by atoms with Crippen molar-refractivity contribution in [1.29, 1.82) is 0 Å². The third-order valence-corrected chi connectivity index (χ3v) is 3.38. The largest absolute Gasteiger partial charge is 0.352 e. The monoisotopic (exact) mass is 262 g/mol. The highest BCUT2D eigenvalue weighted by molar-refractivity contribution is 5.81. The zero-order chi connectivity index (χ0) is 14.3. The van der Waals surface area contributed by atoms with Crippen molar-refractivity contribution in [3.05, 3.63) is 35.4 Å². The van der Waals surface area contributed by atoms with Crippen molar-refractivity contribution in [2.75, 3.05) is 0 Å². The topological polar surface area (TPSA) is 55.1 Å². The number of benzene rings is 1. The number of rotatable bonds is 7. The average molecular weight is 262 g/mol. The molecule has 0 aromatic heterocycles. The summed E-state index contributed by atoms with van der Waals surface area (Å²) in [7, 11) is 0. The van der Waals surface area contributed by atoms with Crippen molar-refractivity contribution < 1.29 is 4.79 Å². The molecule has 106 valence electrons. The number of amides is 1. The number of hydrogen-bond donors (Lipinski definition) is 2. The van der Waals surface area contributed by atoms with Crippen LogP contribution in [0.25, 0.3) is 0 Å². The maximum absolute atomic E-state index is 11.9. The van der Waals surface area contributed by atoms with Gasteiger partial charge in [-0.15, -0.1) is 0 Å². The van der Waals surface area contributed by atoms with Gasteiger partial charge in [0.1, 0.15) is 0 Å². The molecule has 0 saturated carbocycles. The van der Waals surface area contributed by atoms with E-state index in [1.54, 1.807) is 0 Å². The predicted octanol–water partition coefficient (Wildman–Crippen LogP) is 2.56. The fourth-order valence-electron chi connectivity index (χ4n) is 2.13. The molecule has 19 heavy (non-hydrogen) atoms. The van der Waals surface area contributed by atoms with Crippen LogP contribution in [0.5, 0.6) is 0 Å². The van der Waals surface area contributed by atoms with E-state index in [0.29, 0.717) is 0 Å². The minimum absolute atomic E-state index is 0.0328. The van der Waals surface area contributed by atoms with Crippen LogP contribution in [0.2, 0.25) is 0 Å². The number of unbranched alkanes of at least 4 members (excludes halogenated alkanes) is 1. The smallest absolute Gasteiger partial charge is 0.237 e. The van der Waals surface area contributed by atoms with Gasteiger partial charge in [-0.3, -0.25) is 4.79 Å². The summed E-state index contributed by atoms with van der Waals surface area (Å²) in [4.78, 5) is 11.9. The highest BCUT2D eigenvalue weighted by Crippen LogP contribution is 2.09. The Bertz CT molecular complexity index is 403. The normalized spacial score (nSPS) is 13.9. The molecule has 3 nitrogen and oxygen atoms in total. The van der Waals surface area contributed by atoms with E-state index in [-0.39, 0.29) is 18.0 Å². The second kappa shape index (κ2) is 7.95. The first-order valence-electron chi connectivity index (χ1n) is 7.15. The summed E-state index contributed by atoms with van der Waals surface area (Å²) in [5.74, 6) is -0.0328. The van der Waals surface area contributed by atoms with Crippen LogP contribution >= 0.6 is 0 Å². The lowest BCUT2D eigenvalue weighted by molar-refractivity contribution is -0.123. The van der Waals surface area contributed by atoms with Crippen molar-refractivity contribution in [2.45, 2.75) is 58.5 Å². The Hall–Kier alpha value is -1.35. The van der Waals surface area contributed by atoms with Crippen LogP contribution in [0, 0.1) is 6.92 Å². The molecule has 1 rings (SSSR count). The molecular weight excluding hydrogens is 236 g/mol. The van der Waals surface area contributed by atoms with Crippen LogP contribution in [0.1, 0.15) is 44.2 Å². The Morgan fingerprint density at radius 3 is 2.68 bits per heavy atom. The number of hydrogen-bond acceptors (Lipinski definition) is 2. The van der Waals surface area contributed by atoms with Crippen molar-refractivity contribution in [2.24, 2.45) is 5.73 Å². The highest BCUT2D eigenvalue weighted by atomic mass is 16.2. The second-order valence-corrected chi connectivity index (χ2v) is 5.29. The van der Waals surface area contributed by atoms with Gasteiger partial charge in [0.25, 0.3) is 0 Å². The van der Waals surface area contributed by atoms with Gasteiger partial charge in [-0.1, -0.05) is 44.0 Å². The van der Waals surface area contributed by atoms with Crippen LogP contribution < -0.4 is 11.1 Å². The SMILES string of the molecule is CCCCC(N)C(=O)NC(C)Cc1ccccc1C. The number of carbonyl (C=O) groups is 1. The van der Waals surface area contributed by atoms with E-state index in [1.807, 2.05) is 19.1 Å². The van der Waals surface area contributed by atoms with Crippen LogP contribution in [-0.4, -0.2) is 18.0 Å². The molecule has 0 spiro atoms. The first-order valence-corrected chi connectivity index (χ1v) is 7.15. The summed E-state index contributed by atoms with van der Waals surface area (Å²) in [5, 5.41) is 3.00. The molecule has 0 fully saturated rings. The molecule has 1 aromatic rings. The fourth-order valence-corrected chi connectivity index (χ4v) is 2.13. The van der Waals surface area contributed by atoms with Crippen molar-refractivity contribution >= 4 is 5.91 Å². The van der Waals surface area contributed by atoms with Gasteiger partial charge in [0, 0.05) is 6.04 Å². The molecule has 1 aromatic carbocycles. The molecule has 0 aliphatic rings. The van der Waals surface area contributed by atoms with Gasteiger partial charge in [-0.05, 0) is 37.8 Å². The van der Waals surface area contributed by atoms with Crippen LogP contribution in [0.3, 0.4) is 0 Å². The fraction of sp³-hybridized carbons (Fsp3) is 0.562. The Labute approximate surface area is 116 Å². The third-order valence-electron chi connectivity index (χ3n) is 3.38. The summed E-state index contributed by atoms with van der Waals surface area (Å²) in [6, 6.07) is 8.00. The second-order valence-electron chi connectivity index (χ2n) is 5.29. The molecule has 0 aliphatic carbocycles. The molecule has 1 amide bonds. The summed E-state index contributed by atoms with van der Waals surface area (Å²) in [5.41, 5.74) is 8.40. The predicted molar refractivity (Wildman–Crippen MR) is 80.0 cm³/mol. The first-order chi connectivity index (χ1) is 9.04. The quantitative estimate of drug-likeness (QED) is 0.793. The lowest BCUT2D eigenvalue weighted by atomic mass is 10.0. The third kappa shape index (κ3) is 5.43. The van der Waals surface area contributed by atoms with E-state index in [2.05, 4.69) is 31.3 Å². The van der Waals surface area contributed by atoms with E-state index < -0.39 is 0 Å². The van der Waals surface area contributed by atoms with E-state index in [4.69, 9.17) is 5.73 Å². The molecule has 2 atom stereocenters. The van der Waals surface area contributed by atoms with E-state index in [0.717, 1.165) is 25.7 Å². The van der Waals surface area contributed by atoms with Gasteiger partial charge in [-0.25, -0.2) is 0 Å². The lowest BCUT2D eigenvalue weighted by Gasteiger charge is -2.18. The lowest BCUT2D eigenvalue weighted by Crippen LogP contribution is -2.45. The molecular formula is C16H26N2O. The van der Waals surface area contributed by atoms with E-state index >= 15 is 0 Å². The molecule has 2 unspecified atom stereocenters. The van der Waals surface area contributed by atoms with Gasteiger partial charge < -0.3 is 11.1 Å². The maximum atomic E-state index is 11.9. The number of nitrogens with two attached hydrogens (primary N) is 1. The molecule has 0 bridgehead atoms. The summed E-state index contributed by atoms with van der Waals surface area (Å²) in [6.45, 7) is 6.22. The van der Waals surface area contributed by atoms with Crippen molar-refractivity contribution in [3.63, 3.8) is 0 Å². The van der Waals surface area contributed by atoms with E-state index in [1.165, 1.54) is 11.1 Å². The minimum Gasteiger partial charge on any atom is -0.352 e. The minimum atomic E-state index is -0.376. The van der Waals surface area contributed by atoms with Crippen molar-refractivity contribution in [3.8, 4) is 0 Å². The number of carbonyl (C=O) groups excluding carboxylic acids is 1. The van der Waals surface area contributed by atoms with Crippen molar-refractivity contribution in [1.82, 2.24) is 5.32 Å². The van der Waals surface area contributed by atoms with Crippen LogP contribution in [0.15, 0.2) is 24.3 Å². The molecule has 3 N–H and O–H groups in total. The first kappa shape index (κ1) is 15.7. The Morgan fingerprint density at radius 2 is 2.05 bits per heavy atom. The molecule has 0 radical (unpaired) electrons. The maximum Gasteiger partial charge on any atom is 0.237 e. The Kier molecular flexibility index (Phi) is 6.57. The Balaban J connectivity index is 2.45. The molecule has 0 aliphatic heterocycles. The number of aryl methyl sites for hydroxylation is 1. The highest BCUT2D eigenvalue weighted by Gasteiger charge is 2.15. The van der Waals surface area contributed by atoms with Gasteiger partial charge in [0.2, 0.25) is 5.91 Å². The van der Waals surface area contributed by atoms with Gasteiger partial charge in [0.05, 0.1) is 6.04 Å². The average Bonchev–Trinajstić information content (AvgIpc) is 2.38. The summed E-state index contributed by atoms with van der Waals surface area (Å²) in [6.07, 6.45) is 3.68. The molecule has 0 saturated heterocycles. The van der Waals surface area contributed by atoms with Crippen LogP contribution in [-0.2, 0) is 11.2 Å². The van der Waals surface area contributed by atoms with Gasteiger partial charge in [-0.2, -0.15) is 0 Å². The summed E-state index contributed by atoms with van der Waals surface area (Å²) < 4.78 is 0. The van der Waals surface area contributed by atoms with Gasteiger partial charge >= 0.3 is 0 Å². The standard InChI is InChI=1S/C16H26N2O/c1-4-5-10-15(17)16(19)18-13(3)11-14-9-7-6-8-12(14)2/h6-9,13,15H,4-5,10-11,17H2,1-3H3,(H,18,19). The Morgan fingerprint density at radius 1 is 1.37 bits per heavy atom. The van der Waals surface area contributed by atoms with E-state index in [9.17, 15) is 4.79 Å².